The number of benzene rings is 1. The summed E-state index contributed by atoms with van der Waals surface area (Å²) >= 11 is 5.42. The van der Waals surface area contributed by atoms with Crippen molar-refractivity contribution in [3.8, 4) is 11.4 Å². The van der Waals surface area contributed by atoms with Crippen LogP contribution in [0.2, 0.25) is 0 Å². The first-order valence-electron chi connectivity index (χ1n) is 9.11. The maximum Gasteiger partial charge on any atom is 0.217 e. The van der Waals surface area contributed by atoms with Crippen molar-refractivity contribution in [2.45, 2.75) is 32.5 Å². The minimum atomic E-state index is -2.96. The Bertz CT molecular complexity index is 919. The molecule has 2 aromatic rings. The number of aryl methyl sites for hydroxylation is 1. The SMILES string of the molecule is CCc1ccc(-c2nc(=S)n(CN(CCOC)[C@H]3CCS(=O)(=O)C3)[nH]2)cc1. The van der Waals surface area contributed by atoms with Crippen LogP contribution in [0.5, 0.6) is 0 Å². The number of nitrogens with zero attached hydrogens (tertiary/aromatic N) is 3. The number of sulfone groups is 1. The number of rotatable bonds is 8. The fourth-order valence-corrected chi connectivity index (χ4v) is 5.26. The Morgan fingerprint density at radius 2 is 2.11 bits per heavy atom. The van der Waals surface area contributed by atoms with Gasteiger partial charge in [-0.05, 0) is 30.6 Å². The molecule has 0 amide bonds. The van der Waals surface area contributed by atoms with Crippen molar-refractivity contribution in [1.82, 2.24) is 19.7 Å². The summed E-state index contributed by atoms with van der Waals surface area (Å²) in [6, 6.07) is 8.20. The average Bonchev–Trinajstić information content (AvgIpc) is 3.20. The molecule has 1 fully saturated rings. The number of nitrogens with one attached hydrogen (secondary N) is 1. The van der Waals surface area contributed by atoms with E-state index >= 15 is 0 Å². The lowest BCUT2D eigenvalue weighted by atomic mass is 10.1. The molecule has 2 heterocycles. The van der Waals surface area contributed by atoms with E-state index in [0.29, 0.717) is 36.8 Å². The first-order valence-corrected chi connectivity index (χ1v) is 11.3. The Morgan fingerprint density at radius 3 is 2.70 bits per heavy atom. The van der Waals surface area contributed by atoms with Crippen LogP contribution in [0.25, 0.3) is 11.4 Å². The predicted octanol–water partition coefficient (Wildman–Crippen LogP) is 2.26. The smallest absolute Gasteiger partial charge is 0.217 e. The molecule has 1 atom stereocenters. The predicted molar refractivity (Wildman–Crippen MR) is 108 cm³/mol. The van der Waals surface area contributed by atoms with Gasteiger partial charge in [0.2, 0.25) is 4.77 Å². The summed E-state index contributed by atoms with van der Waals surface area (Å²) in [4.78, 5) is 6.57. The second kappa shape index (κ2) is 8.64. The van der Waals surface area contributed by atoms with Crippen LogP contribution in [-0.2, 0) is 27.7 Å². The van der Waals surface area contributed by atoms with Crippen molar-refractivity contribution >= 4 is 22.1 Å². The fraction of sp³-hybridized carbons (Fsp3) is 0.556. The van der Waals surface area contributed by atoms with E-state index in [2.05, 4.69) is 34.0 Å². The number of hydrogen-bond acceptors (Lipinski definition) is 6. The normalized spacial score (nSPS) is 19.0. The number of methoxy groups -OCH3 is 1. The van der Waals surface area contributed by atoms with E-state index in [1.807, 2.05) is 12.1 Å². The first kappa shape index (κ1) is 20.2. The van der Waals surface area contributed by atoms with Crippen LogP contribution < -0.4 is 0 Å². The van der Waals surface area contributed by atoms with E-state index in [1.54, 1.807) is 11.8 Å². The zero-order valence-electron chi connectivity index (χ0n) is 15.7. The molecule has 1 aromatic heterocycles. The van der Waals surface area contributed by atoms with Crippen molar-refractivity contribution in [3.63, 3.8) is 0 Å². The molecule has 3 rings (SSSR count). The summed E-state index contributed by atoms with van der Waals surface area (Å²) in [5.41, 5.74) is 2.24. The van der Waals surface area contributed by atoms with E-state index in [1.165, 1.54) is 5.56 Å². The Kier molecular flexibility index (Phi) is 6.46. The summed E-state index contributed by atoms with van der Waals surface area (Å²) in [7, 11) is -1.31. The summed E-state index contributed by atoms with van der Waals surface area (Å²) in [5, 5.41) is 3.26. The highest BCUT2D eigenvalue weighted by molar-refractivity contribution is 7.91. The first-order chi connectivity index (χ1) is 12.9. The monoisotopic (exact) mass is 410 g/mol. The highest BCUT2D eigenvalue weighted by Gasteiger charge is 2.32. The molecule has 1 aliphatic heterocycles. The molecule has 0 bridgehead atoms. The Balaban J connectivity index is 1.79. The largest absolute Gasteiger partial charge is 0.383 e. The minimum Gasteiger partial charge on any atom is -0.383 e. The number of aromatic amines is 1. The van der Waals surface area contributed by atoms with Gasteiger partial charge in [0.25, 0.3) is 0 Å². The lowest BCUT2D eigenvalue weighted by molar-refractivity contribution is 0.0982. The third-order valence-corrected chi connectivity index (χ3v) is 7.01. The molecule has 1 saturated heterocycles. The van der Waals surface area contributed by atoms with Gasteiger partial charge in [0.05, 0.1) is 24.8 Å². The molecule has 0 saturated carbocycles. The van der Waals surface area contributed by atoms with E-state index in [0.717, 1.165) is 12.0 Å². The quantitative estimate of drug-likeness (QED) is 0.673. The number of ether oxygens (including phenoxy) is 1. The standard InChI is InChI=1S/C18H26N4O3S2/c1-3-14-4-6-15(7-5-14)17-19-18(26)22(20-17)13-21(9-10-25-2)16-8-11-27(23,24)12-16/h4-7,16H,3,8-13H2,1-2H3,(H,19,20,26)/t16-/m0/s1. The van der Waals surface area contributed by atoms with E-state index < -0.39 is 9.84 Å². The Hall–Kier alpha value is -1.55. The van der Waals surface area contributed by atoms with Crippen LogP contribution in [0.3, 0.4) is 0 Å². The van der Waals surface area contributed by atoms with Gasteiger partial charge in [-0.3, -0.25) is 10.00 Å². The molecule has 0 aliphatic carbocycles. The molecular weight excluding hydrogens is 384 g/mol. The van der Waals surface area contributed by atoms with Crippen molar-refractivity contribution in [2.75, 3.05) is 31.8 Å². The Labute approximate surface area is 165 Å². The zero-order chi connectivity index (χ0) is 19.4. The maximum absolute atomic E-state index is 11.9. The lowest BCUT2D eigenvalue weighted by Crippen LogP contribution is -2.40. The number of H-pyrrole nitrogens is 1. The van der Waals surface area contributed by atoms with Gasteiger partial charge >= 0.3 is 0 Å². The third kappa shape index (κ3) is 5.04. The van der Waals surface area contributed by atoms with Gasteiger partial charge in [0.15, 0.2) is 15.7 Å². The van der Waals surface area contributed by atoms with Gasteiger partial charge in [0, 0.05) is 25.3 Å². The van der Waals surface area contributed by atoms with Gasteiger partial charge in [-0.2, -0.15) is 4.98 Å². The summed E-state index contributed by atoms with van der Waals surface area (Å²) in [5.74, 6) is 1.14. The molecule has 1 aliphatic rings. The van der Waals surface area contributed by atoms with Crippen molar-refractivity contribution in [3.05, 3.63) is 34.6 Å². The molecule has 1 aromatic carbocycles. The van der Waals surface area contributed by atoms with Gasteiger partial charge in [-0.15, -0.1) is 0 Å². The molecule has 7 nitrogen and oxygen atoms in total. The van der Waals surface area contributed by atoms with Gasteiger partial charge in [-0.25, -0.2) is 13.1 Å². The molecule has 27 heavy (non-hydrogen) atoms. The maximum atomic E-state index is 11.9. The van der Waals surface area contributed by atoms with Crippen LogP contribution in [0.4, 0.5) is 0 Å². The average molecular weight is 411 g/mol. The van der Waals surface area contributed by atoms with Crippen LogP contribution in [0.1, 0.15) is 18.9 Å². The van der Waals surface area contributed by atoms with Crippen LogP contribution in [-0.4, -0.2) is 65.9 Å². The second-order valence-corrected chi connectivity index (χ2v) is 9.43. The molecule has 1 N–H and O–H groups in total. The highest BCUT2D eigenvalue weighted by Crippen LogP contribution is 2.20. The van der Waals surface area contributed by atoms with Gasteiger partial charge in [-0.1, -0.05) is 31.2 Å². The molecular formula is C18H26N4O3S2. The van der Waals surface area contributed by atoms with Crippen molar-refractivity contribution < 1.29 is 13.2 Å². The zero-order valence-corrected chi connectivity index (χ0v) is 17.4. The summed E-state index contributed by atoms with van der Waals surface area (Å²) in [6.45, 7) is 3.75. The summed E-state index contributed by atoms with van der Waals surface area (Å²) < 4.78 is 31.2. The van der Waals surface area contributed by atoms with Crippen molar-refractivity contribution in [2.24, 2.45) is 0 Å². The molecule has 9 heteroatoms. The third-order valence-electron chi connectivity index (χ3n) is 4.95. The highest BCUT2D eigenvalue weighted by atomic mass is 32.2. The van der Waals surface area contributed by atoms with Crippen LogP contribution >= 0.6 is 12.2 Å². The van der Waals surface area contributed by atoms with Gasteiger partial charge < -0.3 is 4.74 Å². The number of aromatic nitrogens is 3. The molecule has 0 spiro atoms. The van der Waals surface area contributed by atoms with E-state index in [-0.39, 0.29) is 17.5 Å². The summed E-state index contributed by atoms with van der Waals surface area (Å²) in [6.07, 6.45) is 1.63. The number of hydrogen-bond donors (Lipinski definition) is 1. The molecule has 148 valence electrons. The van der Waals surface area contributed by atoms with Crippen LogP contribution in [0, 0.1) is 4.77 Å². The van der Waals surface area contributed by atoms with E-state index in [9.17, 15) is 8.42 Å². The minimum absolute atomic E-state index is 0.0253. The van der Waals surface area contributed by atoms with E-state index in [4.69, 9.17) is 17.0 Å². The topological polar surface area (TPSA) is 80.2 Å². The lowest BCUT2D eigenvalue weighted by Gasteiger charge is -2.27. The Morgan fingerprint density at radius 1 is 1.37 bits per heavy atom. The molecule has 0 radical (unpaired) electrons. The van der Waals surface area contributed by atoms with Crippen molar-refractivity contribution in [1.29, 1.82) is 0 Å². The molecule has 0 unspecified atom stereocenters. The second-order valence-electron chi connectivity index (χ2n) is 6.84. The van der Waals surface area contributed by atoms with Gasteiger partial charge in [0.1, 0.15) is 0 Å². The van der Waals surface area contributed by atoms with Crippen LogP contribution in [0.15, 0.2) is 24.3 Å². The fourth-order valence-electron chi connectivity index (χ4n) is 3.30.